The first-order valence-electron chi connectivity index (χ1n) is 7.20. The summed E-state index contributed by atoms with van der Waals surface area (Å²) >= 11 is 0. The van der Waals surface area contributed by atoms with E-state index in [0.29, 0.717) is 18.3 Å². The Hall–Kier alpha value is -1.03. The van der Waals surface area contributed by atoms with Crippen LogP contribution in [0.2, 0.25) is 0 Å². The summed E-state index contributed by atoms with van der Waals surface area (Å²) in [5.41, 5.74) is 13.8. The van der Waals surface area contributed by atoms with E-state index in [2.05, 4.69) is 5.16 Å². The van der Waals surface area contributed by atoms with Gasteiger partial charge in [0.05, 0.1) is 0 Å². The number of aromatic nitrogens is 1. The van der Waals surface area contributed by atoms with E-state index in [-0.39, 0.29) is 0 Å². The highest BCUT2D eigenvalue weighted by atomic mass is 16.5. The minimum absolute atomic E-state index is 0.443. The van der Waals surface area contributed by atoms with Crippen molar-refractivity contribution in [3.05, 3.63) is 11.3 Å². The fourth-order valence-corrected chi connectivity index (χ4v) is 5.25. The lowest BCUT2D eigenvalue weighted by atomic mass is 9.50. The molecule has 98 valence electrons. The zero-order valence-electron chi connectivity index (χ0n) is 10.6. The Morgan fingerprint density at radius 2 is 1.67 bits per heavy atom. The van der Waals surface area contributed by atoms with E-state index in [1.54, 1.807) is 0 Å². The summed E-state index contributed by atoms with van der Waals surface area (Å²) in [4.78, 5) is 0. The minimum atomic E-state index is 0.443. The molecule has 4 aliphatic rings. The van der Waals surface area contributed by atoms with Crippen molar-refractivity contribution in [2.24, 2.45) is 29.4 Å². The molecule has 5 rings (SSSR count). The second kappa shape index (κ2) is 3.73. The molecule has 4 bridgehead atoms. The quantitative estimate of drug-likeness (QED) is 0.840. The zero-order valence-corrected chi connectivity index (χ0v) is 10.6. The summed E-state index contributed by atoms with van der Waals surface area (Å²) in [7, 11) is 0. The molecule has 4 aliphatic carbocycles. The molecule has 0 saturated heterocycles. The highest BCUT2D eigenvalue weighted by molar-refractivity contribution is 5.43. The van der Waals surface area contributed by atoms with Crippen LogP contribution in [-0.2, 0) is 6.54 Å². The fraction of sp³-hybridized carbons (Fsp3) is 0.786. The number of nitrogens with zero attached hydrogens (tertiary/aromatic N) is 1. The Labute approximate surface area is 107 Å². The van der Waals surface area contributed by atoms with E-state index in [1.165, 1.54) is 32.1 Å². The molecule has 0 aromatic carbocycles. The maximum Gasteiger partial charge on any atom is 0.225 e. The lowest BCUT2D eigenvalue weighted by Crippen LogP contribution is -2.44. The molecule has 4 fully saturated rings. The van der Waals surface area contributed by atoms with Crippen LogP contribution >= 0.6 is 0 Å². The lowest BCUT2D eigenvalue weighted by molar-refractivity contribution is -0.00291. The van der Waals surface area contributed by atoms with Crippen molar-refractivity contribution in [1.82, 2.24) is 5.16 Å². The molecule has 1 aromatic rings. The zero-order chi connectivity index (χ0) is 12.3. The highest BCUT2D eigenvalue weighted by Gasteiger charge is 2.50. The number of hydrogen-bond donors (Lipinski definition) is 2. The smallest absolute Gasteiger partial charge is 0.225 e. The molecular formula is C14H21N3O. The second-order valence-corrected chi connectivity index (χ2v) is 6.57. The van der Waals surface area contributed by atoms with Crippen LogP contribution in [0.1, 0.15) is 49.3 Å². The van der Waals surface area contributed by atoms with Crippen molar-refractivity contribution in [1.29, 1.82) is 0 Å². The van der Waals surface area contributed by atoms with Gasteiger partial charge in [-0.15, -0.1) is 0 Å². The third-order valence-corrected chi connectivity index (χ3v) is 5.58. The summed E-state index contributed by atoms with van der Waals surface area (Å²) in [5, 5.41) is 4.04. The molecule has 4 heteroatoms. The van der Waals surface area contributed by atoms with Gasteiger partial charge in [-0.2, -0.15) is 0 Å². The van der Waals surface area contributed by atoms with E-state index >= 15 is 0 Å². The summed E-state index contributed by atoms with van der Waals surface area (Å²) < 4.78 is 5.19. The average molecular weight is 247 g/mol. The number of rotatable bonds is 2. The van der Waals surface area contributed by atoms with Crippen molar-refractivity contribution in [3.8, 4) is 0 Å². The minimum Gasteiger partial charge on any atom is -0.367 e. The van der Waals surface area contributed by atoms with Gasteiger partial charge in [0.25, 0.3) is 0 Å². The summed E-state index contributed by atoms with van der Waals surface area (Å²) in [6.07, 6.45) is 7.00. The van der Waals surface area contributed by atoms with Crippen LogP contribution in [0.4, 0.5) is 5.88 Å². The van der Waals surface area contributed by atoms with E-state index < -0.39 is 0 Å². The molecule has 4 saturated carbocycles. The van der Waals surface area contributed by atoms with Crippen molar-refractivity contribution >= 4 is 5.88 Å². The van der Waals surface area contributed by atoms with E-state index in [4.69, 9.17) is 16.0 Å². The standard InChI is InChI=1S/C14H21N3O/c15-6-11-13(14(16)18-17-11)12-9-2-7-1-8(4-9)5-10(12)3-7/h7-10,12H,1-6,15-16H2. The van der Waals surface area contributed by atoms with Gasteiger partial charge in [-0.3, -0.25) is 0 Å². The van der Waals surface area contributed by atoms with Gasteiger partial charge in [0.15, 0.2) is 0 Å². The third-order valence-electron chi connectivity index (χ3n) is 5.58. The molecule has 0 radical (unpaired) electrons. The molecule has 4 nitrogen and oxygen atoms in total. The van der Waals surface area contributed by atoms with Gasteiger partial charge in [0.1, 0.15) is 5.69 Å². The van der Waals surface area contributed by atoms with E-state index in [1.807, 2.05) is 0 Å². The normalized spacial score (nSPS) is 41.5. The maximum atomic E-state index is 6.01. The Morgan fingerprint density at radius 1 is 1.06 bits per heavy atom. The monoisotopic (exact) mass is 247 g/mol. The Kier molecular flexibility index (Phi) is 2.25. The fourth-order valence-electron chi connectivity index (χ4n) is 5.25. The molecule has 18 heavy (non-hydrogen) atoms. The molecular weight excluding hydrogens is 226 g/mol. The first-order valence-corrected chi connectivity index (χ1v) is 7.20. The predicted molar refractivity (Wildman–Crippen MR) is 68.6 cm³/mol. The van der Waals surface area contributed by atoms with Crippen LogP contribution < -0.4 is 11.5 Å². The van der Waals surface area contributed by atoms with Crippen LogP contribution in [0, 0.1) is 23.7 Å². The maximum absolute atomic E-state index is 6.01. The molecule has 1 aromatic heterocycles. The SMILES string of the molecule is NCc1noc(N)c1C1C2CC3CC(C2)CC1C3. The molecule has 0 aliphatic heterocycles. The van der Waals surface area contributed by atoms with Crippen LogP contribution in [0.5, 0.6) is 0 Å². The number of nitrogens with two attached hydrogens (primary N) is 2. The molecule has 4 N–H and O–H groups in total. The topological polar surface area (TPSA) is 78.1 Å². The van der Waals surface area contributed by atoms with Gasteiger partial charge in [0, 0.05) is 12.1 Å². The van der Waals surface area contributed by atoms with Crippen LogP contribution in [0.25, 0.3) is 0 Å². The number of nitrogen functional groups attached to an aromatic ring is 1. The molecule has 0 unspecified atom stereocenters. The average Bonchev–Trinajstić information content (AvgIpc) is 2.70. The first-order chi connectivity index (χ1) is 8.76. The van der Waals surface area contributed by atoms with Crippen molar-refractivity contribution in [2.75, 3.05) is 5.73 Å². The second-order valence-electron chi connectivity index (χ2n) is 6.57. The van der Waals surface area contributed by atoms with Gasteiger partial charge < -0.3 is 16.0 Å². The van der Waals surface area contributed by atoms with Crippen molar-refractivity contribution < 1.29 is 4.52 Å². The lowest BCUT2D eigenvalue weighted by Gasteiger charge is -2.54. The Bertz CT molecular complexity index is 440. The van der Waals surface area contributed by atoms with Gasteiger partial charge in [0.2, 0.25) is 5.88 Å². The molecule has 0 amide bonds. The van der Waals surface area contributed by atoms with Gasteiger partial charge in [-0.1, -0.05) is 5.16 Å². The van der Waals surface area contributed by atoms with Crippen molar-refractivity contribution in [3.63, 3.8) is 0 Å². The molecule has 1 heterocycles. The highest BCUT2D eigenvalue weighted by Crippen LogP contribution is 2.60. The predicted octanol–water partition coefficient (Wildman–Crippen LogP) is 2.26. The largest absolute Gasteiger partial charge is 0.367 e. The Morgan fingerprint density at radius 3 is 2.22 bits per heavy atom. The van der Waals surface area contributed by atoms with E-state index in [9.17, 15) is 0 Å². The van der Waals surface area contributed by atoms with Gasteiger partial charge >= 0.3 is 0 Å². The van der Waals surface area contributed by atoms with Gasteiger partial charge in [-0.05, 0) is 61.7 Å². The first kappa shape index (κ1) is 10.9. The number of hydrogen-bond acceptors (Lipinski definition) is 4. The molecule has 0 atom stereocenters. The van der Waals surface area contributed by atoms with Crippen LogP contribution in [0.3, 0.4) is 0 Å². The van der Waals surface area contributed by atoms with Crippen LogP contribution in [0.15, 0.2) is 4.52 Å². The van der Waals surface area contributed by atoms with Gasteiger partial charge in [-0.25, -0.2) is 0 Å². The summed E-state index contributed by atoms with van der Waals surface area (Å²) in [6.45, 7) is 0.443. The van der Waals surface area contributed by atoms with E-state index in [0.717, 1.165) is 34.9 Å². The van der Waals surface area contributed by atoms with Crippen LogP contribution in [-0.4, -0.2) is 5.16 Å². The van der Waals surface area contributed by atoms with Crippen molar-refractivity contribution in [2.45, 2.75) is 44.6 Å². The summed E-state index contributed by atoms with van der Waals surface area (Å²) in [5.74, 6) is 4.65. The number of anilines is 1. The third kappa shape index (κ3) is 1.38. The Balaban J connectivity index is 1.74. The summed E-state index contributed by atoms with van der Waals surface area (Å²) in [6, 6.07) is 0. The molecule has 0 spiro atoms.